The van der Waals surface area contributed by atoms with Crippen LogP contribution in [0.15, 0.2) is 53.4 Å². The molecule has 0 bridgehead atoms. The Labute approximate surface area is 158 Å². The zero-order valence-electron chi connectivity index (χ0n) is 14.1. The molecule has 0 spiro atoms. The topological polar surface area (TPSA) is 107 Å². The second-order valence-electron chi connectivity index (χ2n) is 6.23. The maximum Gasteiger partial charge on any atom is 0.289 e. The third kappa shape index (κ3) is 3.73. The minimum Gasteiger partial charge on any atom is -0.326 e. The molecular weight excluding hydrogens is 378 g/mol. The summed E-state index contributed by atoms with van der Waals surface area (Å²) in [6, 6.07) is 13.2. The van der Waals surface area contributed by atoms with Crippen LogP contribution in [0, 0.1) is 17.0 Å². The quantitative estimate of drug-likeness (QED) is 0.629. The smallest absolute Gasteiger partial charge is 0.289 e. The van der Waals surface area contributed by atoms with Crippen LogP contribution >= 0.6 is 12.4 Å². The number of hydrogen-bond donors (Lipinski definition) is 1. The third-order valence-electron chi connectivity index (χ3n) is 4.49. The van der Waals surface area contributed by atoms with Gasteiger partial charge in [0.25, 0.3) is 5.69 Å². The fraction of sp³-hybridized carbons (Fsp3) is 0.294. The van der Waals surface area contributed by atoms with Crippen LogP contribution in [0.2, 0.25) is 0 Å². The van der Waals surface area contributed by atoms with Crippen molar-refractivity contribution in [1.82, 2.24) is 4.31 Å². The summed E-state index contributed by atoms with van der Waals surface area (Å²) in [5.41, 5.74) is 7.35. The van der Waals surface area contributed by atoms with Gasteiger partial charge in [0.1, 0.15) is 0 Å². The van der Waals surface area contributed by atoms with Crippen molar-refractivity contribution >= 4 is 28.1 Å². The summed E-state index contributed by atoms with van der Waals surface area (Å²) in [5.74, 6) is -0.138. The molecule has 140 valence electrons. The summed E-state index contributed by atoms with van der Waals surface area (Å²) in [7, 11) is -3.99. The van der Waals surface area contributed by atoms with E-state index in [0.717, 1.165) is 5.56 Å². The van der Waals surface area contributed by atoms with Gasteiger partial charge >= 0.3 is 0 Å². The monoisotopic (exact) mass is 397 g/mol. The molecule has 3 rings (SSSR count). The van der Waals surface area contributed by atoms with Gasteiger partial charge in [0.15, 0.2) is 4.90 Å². The number of rotatable bonds is 4. The van der Waals surface area contributed by atoms with Crippen LogP contribution in [0.1, 0.15) is 17.0 Å². The van der Waals surface area contributed by atoms with E-state index in [4.69, 9.17) is 5.73 Å². The van der Waals surface area contributed by atoms with E-state index >= 15 is 0 Å². The first-order valence-electron chi connectivity index (χ1n) is 7.86. The fourth-order valence-electron chi connectivity index (χ4n) is 3.17. The van der Waals surface area contributed by atoms with Gasteiger partial charge in [0, 0.05) is 31.1 Å². The maximum absolute atomic E-state index is 13.0. The first-order valence-corrected chi connectivity index (χ1v) is 9.30. The van der Waals surface area contributed by atoms with Gasteiger partial charge in [0.05, 0.1) is 4.92 Å². The molecule has 0 aliphatic carbocycles. The van der Waals surface area contributed by atoms with Gasteiger partial charge in [0.2, 0.25) is 10.0 Å². The lowest BCUT2D eigenvalue weighted by molar-refractivity contribution is -0.387. The van der Waals surface area contributed by atoms with E-state index in [0.29, 0.717) is 5.56 Å². The Kier molecular flexibility index (Phi) is 6.02. The summed E-state index contributed by atoms with van der Waals surface area (Å²) in [6.07, 6.45) is 0. The van der Waals surface area contributed by atoms with Crippen molar-refractivity contribution in [3.05, 3.63) is 69.8 Å². The van der Waals surface area contributed by atoms with Crippen molar-refractivity contribution in [3.63, 3.8) is 0 Å². The SMILES string of the molecule is Cc1ccc(S(=O)(=O)N2C[C@@H](N)[C@H](c3ccccc3)C2)c([N+](=O)[O-])c1.Cl. The van der Waals surface area contributed by atoms with Gasteiger partial charge < -0.3 is 5.73 Å². The Hall–Kier alpha value is -2.00. The Bertz CT molecular complexity index is 905. The number of hydrogen-bond acceptors (Lipinski definition) is 5. The van der Waals surface area contributed by atoms with Crippen LogP contribution in [-0.4, -0.2) is 36.8 Å². The molecule has 26 heavy (non-hydrogen) atoms. The number of benzene rings is 2. The van der Waals surface area contributed by atoms with Crippen LogP contribution < -0.4 is 5.73 Å². The minimum atomic E-state index is -3.99. The molecule has 1 heterocycles. The lowest BCUT2D eigenvalue weighted by Gasteiger charge is -2.17. The summed E-state index contributed by atoms with van der Waals surface area (Å²) in [4.78, 5) is 10.3. The highest BCUT2D eigenvalue weighted by Gasteiger charge is 2.40. The number of sulfonamides is 1. The normalized spacial score (nSPS) is 20.5. The van der Waals surface area contributed by atoms with Crippen molar-refractivity contribution in [3.8, 4) is 0 Å². The number of nitro benzene ring substituents is 1. The molecule has 1 aliphatic heterocycles. The lowest BCUT2D eigenvalue weighted by atomic mass is 9.95. The Morgan fingerprint density at radius 3 is 2.42 bits per heavy atom. The number of aryl methyl sites for hydroxylation is 1. The molecule has 0 aromatic heterocycles. The Morgan fingerprint density at radius 2 is 1.81 bits per heavy atom. The minimum absolute atomic E-state index is 0. The molecule has 2 aromatic rings. The number of nitro groups is 1. The summed E-state index contributed by atoms with van der Waals surface area (Å²) in [6.45, 7) is 2.02. The van der Waals surface area contributed by atoms with Crippen LogP contribution in [0.4, 0.5) is 5.69 Å². The van der Waals surface area contributed by atoms with E-state index in [1.165, 1.54) is 16.4 Å². The van der Waals surface area contributed by atoms with Gasteiger partial charge in [-0.2, -0.15) is 4.31 Å². The summed E-state index contributed by atoms with van der Waals surface area (Å²) >= 11 is 0. The average molecular weight is 398 g/mol. The standard InChI is InChI=1S/C17H19N3O4S.ClH/c1-12-7-8-17(16(9-12)20(21)22)25(23,24)19-10-14(15(18)11-19)13-5-3-2-4-6-13;/h2-9,14-15H,10-11,18H2,1H3;1H/t14-,15+;/m0./s1. The second kappa shape index (κ2) is 7.71. The van der Waals surface area contributed by atoms with E-state index in [2.05, 4.69) is 0 Å². The molecular formula is C17H20ClN3O4S. The molecule has 0 unspecified atom stereocenters. The van der Waals surface area contributed by atoms with Crippen LogP contribution in [0.3, 0.4) is 0 Å². The van der Waals surface area contributed by atoms with Crippen LogP contribution in [-0.2, 0) is 10.0 Å². The van der Waals surface area contributed by atoms with Gasteiger partial charge in [-0.05, 0) is 24.1 Å². The highest BCUT2D eigenvalue weighted by atomic mass is 35.5. The Balaban J connectivity index is 0.00000243. The number of nitrogens with zero attached hydrogens (tertiary/aromatic N) is 2. The zero-order valence-corrected chi connectivity index (χ0v) is 15.7. The summed E-state index contributed by atoms with van der Waals surface area (Å²) < 4.78 is 27.2. The number of halogens is 1. The van der Waals surface area contributed by atoms with Gasteiger partial charge in [-0.3, -0.25) is 10.1 Å². The summed E-state index contributed by atoms with van der Waals surface area (Å²) in [5, 5.41) is 11.3. The van der Waals surface area contributed by atoms with E-state index in [1.807, 2.05) is 30.3 Å². The van der Waals surface area contributed by atoms with Crippen molar-refractivity contribution in [2.24, 2.45) is 5.73 Å². The molecule has 1 aliphatic rings. The third-order valence-corrected chi connectivity index (χ3v) is 6.37. The fourth-order valence-corrected chi connectivity index (χ4v) is 4.81. The van der Waals surface area contributed by atoms with Crippen molar-refractivity contribution in [2.45, 2.75) is 23.8 Å². The first kappa shape index (κ1) is 20.3. The van der Waals surface area contributed by atoms with E-state index < -0.39 is 20.6 Å². The molecule has 2 atom stereocenters. The first-order chi connectivity index (χ1) is 11.8. The molecule has 9 heteroatoms. The highest BCUT2D eigenvalue weighted by Crippen LogP contribution is 2.33. The molecule has 2 aromatic carbocycles. The van der Waals surface area contributed by atoms with Gasteiger partial charge in [-0.15, -0.1) is 12.4 Å². The molecule has 0 amide bonds. The van der Waals surface area contributed by atoms with Gasteiger partial charge in [-0.1, -0.05) is 36.4 Å². The average Bonchev–Trinajstić information content (AvgIpc) is 2.98. The van der Waals surface area contributed by atoms with Crippen molar-refractivity contribution in [2.75, 3.05) is 13.1 Å². The molecule has 7 nitrogen and oxygen atoms in total. The predicted octanol–water partition coefficient (Wildman–Crippen LogP) is 2.44. The molecule has 2 N–H and O–H groups in total. The highest BCUT2D eigenvalue weighted by molar-refractivity contribution is 7.89. The molecule has 0 radical (unpaired) electrons. The Morgan fingerprint density at radius 1 is 1.15 bits per heavy atom. The van der Waals surface area contributed by atoms with Crippen LogP contribution in [0.5, 0.6) is 0 Å². The molecule has 1 saturated heterocycles. The number of nitrogens with two attached hydrogens (primary N) is 1. The zero-order chi connectivity index (χ0) is 18.2. The van der Waals surface area contributed by atoms with Gasteiger partial charge in [-0.25, -0.2) is 8.42 Å². The predicted molar refractivity (Wildman–Crippen MR) is 101 cm³/mol. The molecule has 1 fully saturated rings. The van der Waals surface area contributed by atoms with E-state index in [1.54, 1.807) is 13.0 Å². The van der Waals surface area contributed by atoms with Crippen LogP contribution in [0.25, 0.3) is 0 Å². The second-order valence-corrected chi connectivity index (χ2v) is 8.14. The van der Waals surface area contributed by atoms with Crippen molar-refractivity contribution in [1.29, 1.82) is 0 Å². The maximum atomic E-state index is 13.0. The van der Waals surface area contributed by atoms with Crippen molar-refractivity contribution < 1.29 is 13.3 Å². The lowest BCUT2D eigenvalue weighted by Crippen LogP contribution is -2.32. The largest absolute Gasteiger partial charge is 0.326 e. The van der Waals surface area contributed by atoms with E-state index in [-0.39, 0.29) is 42.4 Å². The van der Waals surface area contributed by atoms with E-state index in [9.17, 15) is 18.5 Å². The molecule has 0 saturated carbocycles.